The average molecular weight is 408 g/mol. The molecule has 1 N–H and O–H groups in total. The molecular formula is C19H21FN2O5S. The van der Waals surface area contributed by atoms with Gasteiger partial charge in [-0.15, -0.1) is 0 Å². The highest BCUT2D eigenvalue weighted by Gasteiger charge is 2.35. The number of anilines is 1. The summed E-state index contributed by atoms with van der Waals surface area (Å²) in [5.74, 6) is -0.321. The number of sulfone groups is 1. The van der Waals surface area contributed by atoms with Crippen LogP contribution in [0.2, 0.25) is 0 Å². The molecule has 0 radical (unpaired) electrons. The third-order valence-corrected chi connectivity index (χ3v) is 6.20. The minimum atomic E-state index is -3.77. The second-order valence-corrected chi connectivity index (χ2v) is 8.95. The fraction of sp³-hybridized carbons (Fsp3) is 0.368. The molecule has 1 saturated heterocycles. The van der Waals surface area contributed by atoms with Crippen LogP contribution in [0.4, 0.5) is 15.8 Å². The third kappa shape index (κ3) is 4.31. The average Bonchev–Trinajstić information content (AvgIpc) is 2.66. The van der Waals surface area contributed by atoms with E-state index in [4.69, 9.17) is 4.74 Å². The van der Waals surface area contributed by atoms with Gasteiger partial charge in [-0.1, -0.05) is 12.1 Å². The lowest BCUT2D eigenvalue weighted by Crippen LogP contribution is -2.40. The van der Waals surface area contributed by atoms with E-state index >= 15 is 0 Å². The minimum Gasteiger partial charge on any atom is -0.384 e. The highest BCUT2D eigenvalue weighted by molar-refractivity contribution is 7.90. The van der Waals surface area contributed by atoms with Crippen LogP contribution >= 0.6 is 0 Å². The Hall–Kier alpha value is -2.52. The smallest absolute Gasteiger partial charge is 0.288 e. The Bertz CT molecular complexity index is 988. The van der Waals surface area contributed by atoms with Crippen LogP contribution in [0.5, 0.6) is 0 Å². The summed E-state index contributed by atoms with van der Waals surface area (Å²) in [5.41, 5.74) is 0.453. The Morgan fingerprint density at radius 1 is 1.21 bits per heavy atom. The van der Waals surface area contributed by atoms with Crippen molar-refractivity contribution in [2.24, 2.45) is 0 Å². The van der Waals surface area contributed by atoms with E-state index in [0.717, 1.165) is 11.8 Å². The number of nitrogens with one attached hydrogen (secondary N) is 1. The van der Waals surface area contributed by atoms with Gasteiger partial charge in [0.05, 0.1) is 4.92 Å². The highest BCUT2D eigenvalue weighted by Crippen LogP contribution is 2.36. The van der Waals surface area contributed by atoms with Crippen molar-refractivity contribution in [2.75, 3.05) is 31.3 Å². The molecule has 0 amide bonds. The number of halogens is 1. The second-order valence-electron chi connectivity index (χ2n) is 6.97. The third-order valence-electron chi connectivity index (χ3n) is 5.07. The molecule has 1 fully saturated rings. The molecule has 0 bridgehead atoms. The van der Waals surface area contributed by atoms with Gasteiger partial charge in [0.15, 0.2) is 9.84 Å². The fourth-order valence-corrected chi connectivity index (χ4v) is 4.35. The molecule has 0 saturated carbocycles. The number of ether oxygens (including phenoxy) is 1. The van der Waals surface area contributed by atoms with E-state index in [-0.39, 0.29) is 16.1 Å². The van der Waals surface area contributed by atoms with E-state index in [2.05, 4.69) is 5.32 Å². The molecule has 150 valence electrons. The first kappa shape index (κ1) is 20.2. The monoisotopic (exact) mass is 408 g/mol. The molecule has 1 aliphatic rings. The number of nitro groups is 1. The van der Waals surface area contributed by atoms with Crippen LogP contribution in [0.1, 0.15) is 18.4 Å². The molecule has 0 atom stereocenters. The largest absolute Gasteiger partial charge is 0.384 e. The normalized spacial score (nSPS) is 16.5. The first-order valence-electron chi connectivity index (χ1n) is 8.77. The molecule has 7 nitrogen and oxygen atoms in total. The summed E-state index contributed by atoms with van der Waals surface area (Å²) in [6.45, 7) is 1.49. The summed E-state index contributed by atoms with van der Waals surface area (Å²) in [7, 11) is -3.77. The van der Waals surface area contributed by atoms with E-state index in [1.54, 1.807) is 6.07 Å². The maximum atomic E-state index is 13.8. The lowest BCUT2D eigenvalue weighted by Gasteiger charge is -2.38. The molecular weight excluding hydrogens is 387 g/mol. The predicted octanol–water partition coefficient (Wildman–Crippen LogP) is 3.30. The highest BCUT2D eigenvalue weighted by atomic mass is 32.2. The van der Waals surface area contributed by atoms with Crippen molar-refractivity contribution in [3.05, 3.63) is 64.0 Å². The Kier molecular flexibility index (Phi) is 5.66. The molecule has 2 aromatic rings. The molecule has 0 aliphatic carbocycles. The van der Waals surface area contributed by atoms with Crippen molar-refractivity contribution in [1.82, 2.24) is 0 Å². The standard InChI is InChI=1S/C19H21FN2O5S/c1-28(25,26)18-12-16(5-6-17(18)22(23)24)21-13-19(7-9-27-10-8-19)14-3-2-4-15(20)11-14/h2-6,11-12,21H,7-10,13H2,1H3. The number of benzene rings is 2. The van der Waals surface area contributed by atoms with E-state index in [1.807, 2.05) is 6.07 Å². The number of nitrogens with zero attached hydrogens (tertiary/aromatic N) is 1. The van der Waals surface area contributed by atoms with Gasteiger partial charge in [0.2, 0.25) is 0 Å². The maximum absolute atomic E-state index is 13.8. The van der Waals surface area contributed by atoms with Gasteiger partial charge in [-0.25, -0.2) is 12.8 Å². The zero-order valence-electron chi connectivity index (χ0n) is 15.4. The van der Waals surface area contributed by atoms with Crippen LogP contribution in [0, 0.1) is 15.9 Å². The van der Waals surface area contributed by atoms with Crippen LogP contribution in [0.3, 0.4) is 0 Å². The second kappa shape index (κ2) is 7.84. The van der Waals surface area contributed by atoms with E-state index in [9.17, 15) is 22.9 Å². The Labute approximate surface area is 162 Å². The topological polar surface area (TPSA) is 98.5 Å². The predicted molar refractivity (Wildman–Crippen MR) is 103 cm³/mol. The van der Waals surface area contributed by atoms with E-state index in [0.29, 0.717) is 38.3 Å². The number of hydrogen-bond donors (Lipinski definition) is 1. The van der Waals surface area contributed by atoms with Gasteiger partial charge in [-0.3, -0.25) is 10.1 Å². The Balaban J connectivity index is 1.91. The van der Waals surface area contributed by atoms with Crippen LogP contribution in [0.25, 0.3) is 0 Å². The van der Waals surface area contributed by atoms with Crippen LogP contribution in [-0.4, -0.2) is 39.4 Å². The zero-order chi connectivity index (χ0) is 20.4. The van der Waals surface area contributed by atoms with Gasteiger partial charge >= 0.3 is 0 Å². The SMILES string of the molecule is CS(=O)(=O)c1cc(NCC2(c3cccc(F)c3)CCOCC2)ccc1[N+](=O)[O-]. The van der Waals surface area contributed by atoms with Crippen molar-refractivity contribution in [2.45, 2.75) is 23.2 Å². The summed E-state index contributed by atoms with van der Waals surface area (Å²) < 4.78 is 43.1. The summed E-state index contributed by atoms with van der Waals surface area (Å²) in [6, 6.07) is 10.3. The van der Waals surface area contributed by atoms with Crippen LogP contribution in [0.15, 0.2) is 47.4 Å². The summed E-state index contributed by atoms with van der Waals surface area (Å²) in [6.07, 6.45) is 2.29. The Morgan fingerprint density at radius 2 is 1.93 bits per heavy atom. The zero-order valence-corrected chi connectivity index (χ0v) is 16.2. The van der Waals surface area contributed by atoms with Crippen molar-refractivity contribution in [1.29, 1.82) is 0 Å². The van der Waals surface area contributed by atoms with Crippen molar-refractivity contribution < 1.29 is 22.5 Å². The van der Waals surface area contributed by atoms with Crippen LogP contribution in [-0.2, 0) is 20.0 Å². The lowest BCUT2D eigenvalue weighted by molar-refractivity contribution is -0.387. The molecule has 1 heterocycles. The van der Waals surface area contributed by atoms with Gasteiger partial charge in [-0.05, 0) is 42.7 Å². The van der Waals surface area contributed by atoms with Crippen molar-refractivity contribution >= 4 is 21.2 Å². The van der Waals surface area contributed by atoms with Gasteiger partial charge < -0.3 is 10.1 Å². The van der Waals surface area contributed by atoms with Crippen molar-refractivity contribution in [3.8, 4) is 0 Å². The van der Waals surface area contributed by atoms with E-state index in [1.165, 1.54) is 30.3 Å². The molecule has 2 aromatic carbocycles. The number of nitro benzene ring substituents is 1. The molecule has 0 aromatic heterocycles. The first-order valence-corrected chi connectivity index (χ1v) is 10.7. The lowest BCUT2D eigenvalue weighted by atomic mass is 9.74. The number of rotatable bonds is 6. The molecule has 1 aliphatic heterocycles. The quantitative estimate of drug-likeness (QED) is 0.582. The first-order chi connectivity index (χ1) is 13.2. The van der Waals surface area contributed by atoms with E-state index < -0.39 is 20.4 Å². The van der Waals surface area contributed by atoms with Gasteiger partial charge in [0.25, 0.3) is 5.69 Å². The summed E-state index contributed by atoms with van der Waals surface area (Å²) in [4.78, 5) is 10.1. The molecule has 9 heteroatoms. The Morgan fingerprint density at radius 3 is 2.54 bits per heavy atom. The summed E-state index contributed by atoms with van der Waals surface area (Å²) >= 11 is 0. The van der Waals surface area contributed by atoms with Gasteiger partial charge in [0.1, 0.15) is 10.7 Å². The van der Waals surface area contributed by atoms with Gasteiger partial charge in [-0.2, -0.15) is 0 Å². The molecule has 3 rings (SSSR count). The summed E-state index contributed by atoms with van der Waals surface area (Å²) in [5, 5.41) is 14.3. The molecule has 0 spiro atoms. The fourth-order valence-electron chi connectivity index (χ4n) is 3.49. The maximum Gasteiger partial charge on any atom is 0.288 e. The molecule has 28 heavy (non-hydrogen) atoms. The molecule has 0 unspecified atom stereocenters. The van der Waals surface area contributed by atoms with Crippen LogP contribution < -0.4 is 5.32 Å². The van der Waals surface area contributed by atoms with Crippen molar-refractivity contribution in [3.63, 3.8) is 0 Å². The minimum absolute atomic E-state index is 0.321. The number of hydrogen-bond acceptors (Lipinski definition) is 6. The van der Waals surface area contributed by atoms with Gasteiger partial charge in [0, 0.05) is 43.2 Å².